The Labute approximate surface area is 117 Å². The van der Waals surface area contributed by atoms with Crippen molar-refractivity contribution < 1.29 is 4.21 Å². The Morgan fingerprint density at radius 1 is 1.28 bits per heavy atom. The summed E-state index contributed by atoms with van der Waals surface area (Å²) in [6, 6.07) is 7.47. The van der Waals surface area contributed by atoms with E-state index in [1.165, 1.54) is 0 Å². The highest BCUT2D eigenvalue weighted by atomic mass is 35.7. The molecule has 1 unspecified atom stereocenters. The molecule has 0 bridgehead atoms. The average molecular weight is 304 g/mol. The second-order valence-electron chi connectivity index (χ2n) is 6.18. The smallest absolute Gasteiger partial charge is 0.194 e. The van der Waals surface area contributed by atoms with Gasteiger partial charge in [-0.2, -0.15) is 0 Å². The summed E-state index contributed by atoms with van der Waals surface area (Å²) in [4.78, 5) is 0.619. The molecule has 0 aliphatic rings. The number of rotatable bonds is 2. The lowest BCUT2D eigenvalue weighted by molar-refractivity contribution is 0.683. The lowest BCUT2D eigenvalue weighted by Gasteiger charge is -2.32. The fraction of sp³-hybridized carbons (Fsp3) is 0.538. The van der Waals surface area contributed by atoms with Crippen molar-refractivity contribution in [1.82, 2.24) is 0 Å². The van der Waals surface area contributed by atoms with Crippen molar-refractivity contribution in [2.24, 2.45) is 4.03 Å². The van der Waals surface area contributed by atoms with Crippen LogP contribution in [0.1, 0.15) is 26.3 Å². The maximum atomic E-state index is 12.6. The lowest BCUT2D eigenvalue weighted by atomic mass is 10.2. The van der Waals surface area contributed by atoms with Crippen LogP contribution in [0.2, 0.25) is 18.1 Å². The van der Waals surface area contributed by atoms with Crippen molar-refractivity contribution in [1.29, 1.82) is 0 Å². The highest BCUT2D eigenvalue weighted by Gasteiger charge is 2.37. The molecule has 0 amide bonds. The van der Waals surface area contributed by atoms with Crippen molar-refractivity contribution in [2.75, 3.05) is 0 Å². The summed E-state index contributed by atoms with van der Waals surface area (Å²) in [5, 5.41) is 0.0361. The fourth-order valence-electron chi connectivity index (χ4n) is 1.26. The molecular formula is C13H22ClNOSSi. The van der Waals surface area contributed by atoms with Gasteiger partial charge in [0, 0.05) is 10.7 Å². The number of nitrogens with zero attached hydrogens (tertiary/aromatic N) is 1. The summed E-state index contributed by atoms with van der Waals surface area (Å²) >= 11 is 0. The third-order valence-electron chi connectivity index (χ3n) is 3.46. The van der Waals surface area contributed by atoms with Crippen LogP contribution in [0.3, 0.4) is 0 Å². The number of benzene rings is 1. The normalized spacial score (nSPS) is 16.2. The molecule has 0 radical (unpaired) electrons. The van der Waals surface area contributed by atoms with E-state index in [9.17, 15) is 4.21 Å². The zero-order chi connectivity index (χ0) is 14.2. The van der Waals surface area contributed by atoms with Crippen LogP contribution in [-0.4, -0.2) is 12.4 Å². The van der Waals surface area contributed by atoms with Gasteiger partial charge in [0.2, 0.25) is 0 Å². The molecule has 102 valence electrons. The lowest BCUT2D eigenvalue weighted by Crippen LogP contribution is -2.35. The van der Waals surface area contributed by atoms with E-state index in [2.05, 4.69) is 37.9 Å². The molecule has 1 aromatic rings. The molecule has 0 aliphatic heterocycles. The van der Waals surface area contributed by atoms with Crippen molar-refractivity contribution in [2.45, 2.75) is 50.7 Å². The van der Waals surface area contributed by atoms with Crippen LogP contribution in [-0.2, 0) is 8.94 Å². The Balaban J connectivity index is 3.35. The molecule has 18 heavy (non-hydrogen) atoms. The van der Waals surface area contributed by atoms with Gasteiger partial charge in [-0.3, -0.25) is 4.03 Å². The van der Waals surface area contributed by atoms with Crippen LogP contribution < -0.4 is 0 Å². The monoisotopic (exact) mass is 303 g/mol. The van der Waals surface area contributed by atoms with E-state index in [4.69, 9.17) is 10.7 Å². The molecule has 0 aliphatic carbocycles. The maximum absolute atomic E-state index is 12.6. The number of hydrogen-bond acceptors (Lipinski definition) is 2. The summed E-state index contributed by atoms with van der Waals surface area (Å²) in [5.74, 6) is 0. The van der Waals surface area contributed by atoms with Gasteiger partial charge in [0.15, 0.2) is 17.2 Å². The molecule has 0 heterocycles. The molecule has 0 aromatic heterocycles. The molecule has 1 aromatic carbocycles. The minimum Gasteiger partial charge on any atom is -0.261 e. The first-order chi connectivity index (χ1) is 7.96. The topological polar surface area (TPSA) is 29.4 Å². The van der Waals surface area contributed by atoms with E-state index in [0.717, 1.165) is 5.56 Å². The van der Waals surface area contributed by atoms with Crippen LogP contribution in [0.4, 0.5) is 0 Å². The van der Waals surface area contributed by atoms with Gasteiger partial charge in [-0.25, -0.2) is 4.21 Å². The molecule has 0 spiro atoms. The van der Waals surface area contributed by atoms with Gasteiger partial charge in [-0.05, 0) is 42.8 Å². The van der Waals surface area contributed by atoms with Crippen molar-refractivity contribution in [3.8, 4) is 0 Å². The van der Waals surface area contributed by atoms with Gasteiger partial charge >= 0.3 is 0 Å². The first kappa shape index (κ1) is 15.7. The van der Waals surface area contributed by atoms with E-state index in [0.29, 0.717) is 4.90 Å². The number of halogens is 1. The summed E-state index contributed by atoms with van der Waals surface area (Å²) in [6.45, 7) is 12.6. The van der Waals surface area contributed by atoms with Gasteiger partial charge in [0.05, 0.1) is 4.90 Å². The van der Waals surface area contributed by atoms with Gasteiger partial charge in [0.25, 0.3) is 0 Å². The molecule has 0 saturated carbocycles. The van der Waals surface area contributed by atoms with Crippen molar-refractivity contribution in [3.63, 3.8) is 0 Å². The van der Waals surface area contributed by atoms with Crippen LogP contribution in [0.25, 0.3) is 0 Å². The first-order valence-electron chi connectivity index (χ1n) is 6.00. The van der Waals surface area contributed by atoms with E-state index in [-0.39, 0.29) is 5.04 Å². The van der Waals surface area contributed by atoms with E-state index < -0.39 is 17.2 Å². The highest BCUT2D eigenvalue weighted by Crippen LogP contribution is 2.38. The molecule has 0 N–H and O–H groups in total. The Kier molecular flexibility index (Phi) is 4.36. The Morgan fingerprint density at radius 2 is 1.83 bits per heavy atom. The SMILES string of the molecule is Cc1cccc(S(=O)(Cl)=N[Si](C)(C)C(C)(C)C)c1. The maximum Gasteiger partial charge on any atom is 0.194 e. The zero-order valence-electron chi connectivity index (χ0n) is 12.0. The van der Waals surface area contributed by atoms with E-state index in [1.807, 2.05) is 25.1 Å². The molecule has 0 fully saturated rings. The minimum absolute atomic E-state index is 0.0361. The number of aryl methyl sites for hydroxylation is 1. The van der Waals surface area contributed by atoms with Crippen LogP contribution in [0.5, 0.6) is 0 Å². The largest absolute Gasteiger partial charge is 0.261 e. The molecule has 2 nitrogen and oxygen atoms in total. The molecule has 0 saturated heterocycles. The summed E-state index contributed by atoms with van der Waals surface area (Å²) in [6.07, 6.45) is 0. The Morgan fingerprint density at radius 3 is 2.28 bits per heavy atom. The predicted molar refractivity (Wildman–Crippen MR) is 83.1 cm³/mol. The summed E-state index contributed by atoms with van der Waals surface area (Å²) in [7, 11) is 1.38. The van der Waals surface area contributed by atoms with Crippen LogP contribution >= 0.6 is 10.7 Å². The molecule has 1 atom stereocenters. The van der Waals surface area contributed by atoms with Crippen molar-refractivity contribution >= 4 is 27.9 Å². The predicted octanol–water partition coefficient (Wildman–Crippen LogP) is 4.98. The second kappa shape index (κ2) is 4.98. The van der Waals surface area contributed by atoms with Gasteiger partial charge in [-0.15, -0.1) is 0 Å². The quantitative estimate of drug-likeness (QED) is 0.559. The number of hydrogen-bond donors (Lipinski definition) is 0. The van der Waals surface area contributed by atoms with Gasteiger partial charge < -0.3 is 0 Å². The third-order valence-corrected chi connectivity index (χ3v) is 11.9. The highest BCUT2D eigenvalue weighted by molar-refractivity contribution is 8.16. The third kappa shape index (κ3) is 3.59. The molecular weight excluding hydrogens is 282 g/mol. The minimum atomic E-state index is -2.81. The van der Waals surface area contributed by atoms with E-state index in [1.54, 1.807) is 6.07 Å². The Hall–Kier alpha value is -0.323. The van der Waals surface area contributed by atoms with Crippen LogP contribution in [0.15, 0.2) is 33.2 Å². The van der Waals surface area contributed by atoms with Gasteiger partial charge in [-0.1, -0.05) is 32.9 Å². The zero-order valence-corrected chi connectivity index (χ0v) is 14.5. The van der Waals surface area contributed by atoms with E-state index >= 15 is 0 Å². The second-order valence-corrected chi connectivity index (χ2v) is 14.2. The van der Waals surface area contributed by atoms with Crippen LogP contribution in [0, 0.1) is 6.92 Å². The van der Waals surface area contributed by atoms with Gasteiger partial charge in [0.1, 0.15) is 0 Å². The fourth-order valence-corrected chi connectivity index (χ4v) is 7.54. The van der Waals surface area contributed by atoms with Crippen molar-refractivity contribution in [3.05, 3.63) is 29.8 Å². The molecule has 1 rings (SSSR count). The average Bonchev–Trinajstić information content (AvgIpc) is 2.14. The standard InChI is InChI=1S/C13H22ClNOSSi/c1-11-8-7-9-12(10-11)17(14,16)15-18(5,6)13(2,3)4/h7-10H,1-6H3. The molecule has 5 heteroatoms. The summed E-state index contributed by atoms with van der Waals surface area (Å²) < 4.78 is 17.2. The summed E-state index contributed by atoms with van der Waals surface area (Å²) in [5.41, 5.74) is 1.05. The first-order valence-corrected chi connectivity index (χ1v) is 11.3. The Bertz CT molecular complexity index is 554.